The Morgan fingerprint density at radius 1 is 0.667 bits per heavy atom. The molecule has 2 fully saturated rings. The molecule has 0 unspecified atom stereocenters. The van der Waals surface area contributed by atoms with Gasteiger partial charge in [-0.15, -0.1) is 10.2 Å². The van der Waals surface area contributed by atoms with Crippen LogP contribution in [-0.2, 0) is 27.1 Å². The van der Waals surface area contributed by atoms with E-state index in [1.807, 2.05) is 26.0 Å². The molecule has 0 bridgehead atoms. The number of nitriles is 1. The van der Waals surface area contributed by atoms with E-state index in [1.54, 1.807) is 70.5 Å². The first-order valence-corrected chi connectivity index (χ1v) is 34.8. The quantitative estimate of drug-likeness (QED) is 0.0366. The number of carbonyl (C=O) groups excluding carboxylic acids is 2. The van der Waals surface area contributed by atoms with E-state index in [2.05, 4.69) is 49.8 Å². The summed E-state index contributed by atoms with van der Waals surface area (Å²) in [5.74, 6) is -2.83. The van der Waals surface area contributed by atoms with Gasteiger partial charge in [0.05, 0.1) is 18.2 Å². The second kappa shape index (κ2) is 25.5. The normalized spacial score (nSPS) is 17.9. The molecule has 2 aliphatic rings. The molecule has 78 heavy (non-hydrogen) atoms. The Morgan fingerprint density at radius 3 is 1.44 bits per heavy atom. The summed E-state index contributed by atoms with van der Waals surface area (Å²) in [6.45, 7) is 4.54. The van der Waals surface area contributed by atoms with Crippen LogP contribution in [0.3, 0.4) is 0 Å². The van der Waals surface area contributed by atoms with Crippen LogP contribution in [0.5, 0.6) is 0 Å². The van der Waals surface area contributed by atoms with E-state index in [0.717, 1.165) is 23.3 Å². The number of carbonyl (C=O) groups is 2. The van der Waals surface area contributed by atoms with Gasteiger partial charge in [-0.05, 0) is 102 Å². The molecule has 0 aliphatic carbocycles. The van der Waals surface area contributed by atoms with Crippen LogP contribution in [0.4, 0.5) is 35.9 Å². The number of amides is 2. The van der Waals surface area contributed by atoms with Crippen LogP contribution in [0.25, 0.3) is 32.7 Å². The zero-order valence-electron chi connectivity index (χ0n) is 43.4. The number of rotatable bonds is 14. The summed E-state index contributed by atoms with van der Waals surface area (Å²) in [5, 5.41) is 23.0. The minimum absolute atomic E-state index is 0.196. The first-order valence-electron chi connectivity index (χ1n) is 25.0. The van der Waals surface area contributed by atoms with Crippen molar-refractivity contribution in [1.82, 2.24) is 30.4 Å². The van der Waals surface area contributed by atoms with Crippen molar-refractivity contribution in [3.8, 4) is 28.3 Å². The molecule has 9 rings (SSSR count). The molecule has 0 spiro atoms. The number of cyclic esters (lactones) is 2. The zero-order valence-corrected chi connectivity index (χ0v) is 46.3. The van der Waals surface area contributed by atoms with Crippen molar-refractivity contribution in [1.29, 1.82) is 5.26 Å². The third-order valence-electron chi connectivity index (χ3n) is 13.6. The van der Waals surface area contributed by atoms with Gasteiger partial charge in [0.2, 0.25) is 0 Å². The number of tetrazole rings is 1. The number of nitrogens with zero attached hydrogens (tertiary/aromatic N) is 9. The van der Waals surface area contributed by atoms with Crippen molar-refractivity contribution in [3.05, 3.63) is 207 Å². The number of nitrogens with one attached hydrogen (secondary N) is 1. The van der Waals surface area contributed by atoms with Crippen LogP contribution in [0.1, 0.15) is 86.1 Å². The molecule has 3 heterocycles. The van der Waals surface area contributed by atoms with Gasteiger partial charge in [-0.1, -0.05) is 78.0 Å². The van der Waals surface area contributed by atoms with Crippen molar-refractivity contribution < 1.29 is 45.4 Å². The van der Waals surface area contributed by atoms with Gasteiger partial charge < -0.3 is 19.3 Å². The Hall–Kier alpha value is -7.89. The number of aryl methyl sites for hydroxylation is 1. The standard InChI is InChI=1S/C27H24F3N5O2.C27H23F3N2O2.3CH3.N3.Sn/c1-17(18-2-4-19(5-3-18)23-11-10-22(29)16-24(23)30)35-15-14-27(37-26(35)36,13-12-25-31-33-34-32-25)20-6-8-21(28)9-7-20;1-18(19-3-5-20(6-4-19)24-12-11-23(29)17-25(24)30)32-16-14-27(13-2-15-31,34-26(32)33)21-7-9-22(28)10-8-21;;;;1-3-2;/h2-11,16-17H,12-15H2,1H3,(H,31,32,33,34);3-12,17-18H,2,13-14,16H2,1H3;3*1H3;;/q;;;;;-1;+1/t17-,27+;18-,27+;;;;;/m00...../s1. The molecule has 1 aromatic heterocycles. The Labute approximate surface area is 451 Å². The molecular formula is C57H56F6N10O4Sn. The van der Waals surface area contributed by atoms with Gasteiger partial charge in [0.25, 0.3) is 0 Å². The summed E-state index contributed by atoms with van der Waals surface area (Å²) < 4.78 is 97.4. The number of H-pyrrole nitrogens is 1. The summed E-state index contributed by atoms with van der Waals surface area (Å²) in [6.07, 6.45) is 1.26. The molecule has 4 atom stereocenters. The van der Waals surface area contributed by atoms with Crippen LogP contribution < -0.4 is 0 Å². The fourth-order valence-electron chi connectivity index (χ4n) is 9.28. The SMILES string of the molecule is C[C@@H](c1ccc(-c2ccc(F)cc2F)cc1)N1CC[C@](CCC#N)(c2ccc(F)cc2)OC1=O.C[C@@H](c1ccc(-c2ccc(F)cc2F)cc1)N1CC[C@](CCc2nn[nH]n2)(c2ccc(F)cc2)OC1=O.[CH3][Sn]([CH3])([CH3])[N]=[N+]=[N-]. The van der Waals surface area contributed by atoms with E-state index in [9.17, 15) is 35.9 Å². The molecule has 1 N–H and O–H groups in total. The summed E-state index contributed by atoms with van der Waals surface area (Å²) in [4.78, 5) is 38.5. The molecule has 14 nitrogen and oxygen atoms in total. The van der Waals surface area contributed by atoms with E-state index in [4.69, 9.17) is 20.3 Å². The predicted molar refractivity (Wildman–Crippen MR) is 282 cm³/mol. The minimum atomic E-state index is -2.07. The second-order valence-electron chi connectivity index (χ2n) is 19.8. The van der Waals surface area contributed by atoms with E-state index >= 15 is 0 Å². The van der Waals surface area contributed by atoms with E-state index < -0.39 is 65.3 Å². The number of halogens is 6. The average Bonchev–Trinajstić information content (AvgIpc) is 3.94. The van der Waals surface area contributed by atoms with Gasteiger partial charge in [0.15, 0.2) is 5.82 Å². The van der Waals surface area contributed by atoms with Crippen molar-refractivity contribution in [3.63, 3.8) is 0 Å². The number of ether oxygens (including phenoxy) is 2. The van der Waals surface area contributed by atoms with E-state index in [-0.39, 0.29) is 30.1 Å². The fourth-order valence-corrected chi connectivity index (χ4v) is 10.0. The Morgan fingerprint density at radius 2 is 1.09 bits per heavy atom. The monoisotopic (exact) mass is 1180 g/mol. The number of azide groups is 1. The molecule has 0 radical (unpaired) electrons. The van der Waals surface area contributed by atoms with Crippen molar-refractivity contribution in [2.45, 2.75) is 90.5 Å². The first kappa shape index (κ1) is 57.8. The van der Waals surface area contributed by atoms with Gasteiger partial charge in [0.1, 0.15) is 46.1 Å². The fraction of sp³-hybridized carbons (Fsp3) is 0.298. The van der Waals surface area contributed by atoms with Crippen molar-refractivity contribution >= 4 is 30.8 Å². The van der Waals surface area contributed by atoms with Crippen LogP contribution in [-0.4, -0.2) is 74.4 Å². The Bertz CT molecular complexity index is 3270. The van der Waals surface area contributed by atoms with Gasteiger partial charge in [-0.3, -0.25) is 0 Å². The summed E-state index contributed by atoms with van der Waals surface area (Å²) in [5.41, 5.74) is 10.8. The number of benzene rings is 6. The maximum atomic E-state index is 14.2. The molecule has 2 saturated heterocycles. The average molecular weight is 1180 g/mol. The molecule has 2 aliphatic heterocycles. The third-order valence-corrected chi connectivity index (χ3v) is 15.6. The van der Waals surface area contributed by atoms with Crippen LogP contribution in [0, 0.1) is 46.2 Å². The van der Waals surface area contributed by atoms with Crippen LogP contribution >= 0.6 is 0 Å². The summed E-state index contributed by atoms with van der Waals surface area (Å²) in [6, 6.07) is 34.3. The first-order chi connectivity index (χ1) is 37.2. The maximum absolute atomic E-state index is 14.2. The molecule has 6 aromatic carbocycles. The molecule has 404 valence electrons. The summed E-state index contributed by atoms with van der Waals surface area (Å²) in [7, 11) is 0. The number of hydrogen-bond acceptors (Lipinski definition) is 9. The predicted octanol–water partition coefficient (Wildman–Crippen LogP) is 14.7. The topological polar surface area (TPSA) is 186 Å². The zero-order chi connectivity index (χ0) is 56.2. The van der Waals surface area contributed by atoms with E-state index in [1.165, 1.54) is 48.5 Å². The van der Waals surface area contributed by atoms with Crippen molar-refractivity contribution in [2.24, 2.45) is 3.34 Å². The molecular weight excluding hydrogens is 1120 g/mol. The molecule has 0 saturated carbocycles. The van der Waals surface area contributed by atoms with Gasteiger partial charge in [-0.25, -0.2) is 35.9 Å². The van der Waals surface area contributed by atoms with Crippen molar-refractivity contribution in [2.75, 3.05) is 13.1 Å². The Kier molecular flexibility index (Phi) is 18.9. The molecule has 21 heteroatoms. The Balaban J connectivity index is 0.000000202. The van der Waals surface area contributed by atoms with Gasteiger partial charge in [0, 0.05) is 68.5 Å². The number of aromatic nitrogens is 4. The van der Waals surface area contributed by atoms with Gasteiger partial charge >= 0.3 is 59.4 Å². The number of aromatic amines is 1. The van der Waals surface area contributed by atoms with Crippen LogP contribution in [0.15, 0.2) is 137 Å². The van der Waals surface area contributed by atoms with E-state index in [0.29, 0.717) is 84.4 Å². The molecule has 2 amide bonds. The van der Waals surface area contributed by atoms with Gasteiger partial charge in [-0.2, -0.15) is 10.5 Å². The number of hydrogen-bond donors (Lipinski definition) is 1. The van der Waals surface area contributed by atoms with Crippen LogP contribution in [0.2, 0.25) is 14.8 Å². The second-order valence-corrected chi connectivity index (χ2v) is 32.8. The summed E-state index contributed by atoms with van der Waals surface area (Å²) >= 11 is -2.07. The third kappa shape index (κ3) is 14.4. The molecule has 7 aromatic rings.